The lowest BCUT2D eigenvalue weighted by Gasteiger charge is -2.28. The molecule has 1 rings (SSSR count). The van der Waals surface area contributed by atoms with Crippen molar-refractivity contribution in [3.8, 4) is 0 Å². The van der Waals surface area contributed by atoms with Crippen molar-refractivity contribution in [1.29, 1.82) is 0 Å². The minimum atomic E-state index is -0.966. The summed E-state index contributed by atoms with van der Waals surface area (Å²) in [4.78, 5) is 12.1. The van der Waals surface area contributed by atoms with Gasteiger partial charge in [0.15, 0.2) is 0 Å². The van der Waals surface area contributed by atoms with Crippen LogP contribution in [-0.2, 0) is 14.9 Å². The van der Waals surface area contributed by atoms with E-state index in [0.717, 1.165) is 0 Å². The van der Waals surface area contributed by atoms with Crippen LogP contribution in [0.3, 0.4) is 0 Å². The zero-order chi connectivity index (χ0) is 13.8. The van der Waals surface area contributed by atoms with Crippen LogP contribution in [-0.4, -0.2) is 24.3 Å². The summed E-state index contributed by atoms with van der Waals surface area (Å²) >= 11 is 12.0. The molecule has 18 heavy (non-hydrogen) atoms. The molecular formula is C13H16Cl2O3. The number of esters is 1. The van der Waals surface area contributed by atoms with Crippen LogP contribution in [0.4, 0.5) is 0 Å². The fourth-order valence-electron chi connectivity index (χ4n) is 1.80. The van der Waals surface area contributed by atoms with Gasteiger partial charge in [0.1, 0.15) is 0 Å². The Hall–Kier alpha value is -0.770. The van der Waals surface area contributed by atoms with Crippen molar-refractivity contribution in [2.24, 2.45) is 0 Å². The second-order valence-electron chi connectivity index (χ2n) is 4.15. The van der Waals surface area contributed by atoms with Crippen LogP contribution >= 0.6 is 23.2 Å². The van der Waals surface area contributed by atoms with Gasteiger partial charge in [0.25, 0.3) is 0 Å². The molecule has 0 aliphatic rings. The van der Waals surface area contributed by atoms with E-state index in [2.05, 4.69) is 0 Å². The zero-order valence-corrected chi connectivity index (χ0v) is 11.9. The van der Waals surface area contributed by atoms with Gasteiger partial charge in [-0.3, -0.25) is 4.79 Å². The van der Waals surface area contributed by atoms with Crippen LogP contribution in [0.2, 0.25) is 10.0 Å². The standard InChI is InChI=1S/C13H16Cl2O3/c1-3-18-12(17)13(2,6-7-16)10-5-4-9(14)8-11(10)15/h4-5,8,16H,3,6-7H2,1-2H3. The van der Waals surface area contributed by atoms with Gasteiger partial charge in [0.2, 0.25) is 0 Å². The van der Waals surface area contributed by atoms with E-state index in [1.54, 1.807) is 32.0 Å². The lowest BCUT2D eigenvalue weighted by Crippen LogP contribution is -2.35. The van der Waals surface area contributed by atoms with E-state index in [0.29, 0.717) is 15.6 Å². The van der Waals surface area contributed by atoms with Crippen LogP contribution in [0.25, 0.3) is 0 Å². The quantitative estimate of drug-likeness (QED) is 0.847. The van der Waals surface area contributed by atoms with Crippen LogP contribution in [0.15, 0.2) is 18.2 Å². The van der Waals surface area contributed by atoms with Gasteiger partial charge < -0.3 is 9.84 Å². The molecule has 1 aromatic rings. The van der Waals surface area contributed by atoms with Gasteiger partial charge in [-0.15, -0.1) is 0 Å². The summed E-state index contributed by atoms with van der Waals surface area (Å²) in [5, 5.41) is 10.0. The molecule has 0 amide bonds. The van der Waals surface area contributed by atoms with Crippen molar-refractivity contribution >= 4 is 29.2 Å². The number of ether oxygens (including phenoxy) is 1. The molecule has 0 bridgehead atoms. The van der Waals surface area contributed by atoms with Crippen molar-refractivity contribution in [3.05, 3.63) is 33.8 Å². The number of aliphatic hydroxyl groups is 1. The average molecular weight is 291 g/mol. The van der Waals surface area contributed by atoms with Crippen LogP contribution in [0, 0.1) is 0 Å². The molecule has 1 N–H and O–H groups in total. The zero-order valence-electron chi connectivity index (χ0n) is 10.4. The molecule has 0 fully saturated rings. The number of carbonyl (C=O) groups excluding carboxylic acids is 1. The Morgan fingerprint density at radius 2 is 2.11 bits per heavy atom. The molecule has 1 aromatic carbocycles. The van der Waals surface area contributed by atoms with Gasteiger partial charge in [0.05, 0.1) is 12.0 Å². The minimum Gasteiger partial charge on any atom is -0.465 e. The minimum absolute atomic E-state index is 0.131. The van der Waals surface area contributed by atoms with Gasteiger partial charge >= 0.3 is 5.97 Å². The molecular weight excluding hydrogens is 275 g/mol. The molecule has 1 atom stereocenters. The largest absolute Gasteiger partial charge is 0.465 e. The molecule has 0 radical (unpaired) electrons. The molecule has 0 heterocycles. The maximum absolute atomic E-state index is 12.1. The van der Waals surface area contributed by atoms with E-state index in [4.69, 9.17) is 33.0 Å². The van der Waals surface area contributed by atoms with Gasteiger partial charge in [0, 0.05) is 16.7 Å². The first-order valence-corrected chi connectivity index (χ1v) is 6.45. The fourth-order valence-corrected chi connectivity index (χ4v) is 2.41. The smallest absolute Gasteiger partial charge is 0.316 e. The molecule has 0 spiro atoms. The molecule has 100 valence electrons. The predicted octanol–water partition coefficient (Wildman–Crippen LogP) is 3.20. The van der Waals surface area contributed by atoms with Crippen molar-refractivity contribution in [3.63, 3.8) is 0 Å². The van der Waals surface area contributed by atoms with E-state index >= 15 is 0 Å². The van der Waals surface area contributed by atoms with E-state index in [-0.39, 0.29) is 19.6 Å². The highest BCUT2D eigenvalue weighted by molar-refractivity contribution is 6.35. The predicted molar refractivity (Wildman–Crippen MR) is 72.1 cm³/mol. The highest BCUT2D eigenvalue weighted by atomic mass is 35.5. The van der Waals surface area contributed by atoms with Crippen LogP contribution in [0.1, 0.15) is 25.8 Å². The molecule has 3 nitrogen and oxygen atoms in total. The van der Waals surface area contributed by atoms with Gasteiger partial charge in [-0.25, -0.2) is 0 Å². The lowest BCUT2D eigenvalue weighted by molar-refractivity contribution is -0.150. The Balaban J connectivity index is 3.21. The number of hydrogen-bond acceptors (Lipinski definition) is 3. The van der Waals surface area contributed by atoms with E-state index in [1.165, 1.54) is 0 Å². The second-order valence-corrected chi connectivity index (χ2v) is 4.99. The average Bonchev–Trinajstić information content (AvgIpc) is 2.29. The first-order valence-electron chi connectivity index (χ1n) is 5.69. The number of hydrogen-bond donors (Lipinski definition) is 1. The monoisotopic (exact) mass is 290 g/mol. The fraction of sp³-hybridized carbons (Fsp3) is 0.462. The van der Waals surface area contributed by atoms with Gasteiger partial charge in [-0.05, 0) is 38.0 Å². The Morgan fingerprint density at radius 1 is 1.44 bits per heavy atom. The SMILES string of the molecule is CCOC(=O)C(C)(CCO)c1ccc(Cl)cc1Cl. The summed E-state index contributed by atoms with van der Waals surface area (Å²) in [5.74, 6) is -0.400. The van der Waals surface area contributed by atoms with Crippen LogP contribution < -0.4 is 0 Å². The Labute approximate surface area is 117 Å². The van der Waals surface area contributed by atoms with Crippen molar-refractivity contribution in [2.45, 2.75) is 25.7 Å². The maximum atomic E-state index is 12.1. The first-order chi connectivity index (χ1) is 8.45. The van der Waals surface area contributed by atoms with Crippen molar-refractivity contribution in [2.75, 3.05) is 13.2 Å². The Bertz CT molecular complexity index is 434. The molecule has 0 saturated carbocycles. The Morgan fingerprint density at radius 3 is 2.61 bits per heavy atom. The summed E-state index contributed by atoms with van der Waals surface area (Å²) in [6.07, 6.45) is 0.243. The van der Waals surface area contributed by atoms with Crippen LogP contribution in [0.5, 0.6) is 0 Å². The highest BCUT2D eigenvalue weighted by Crippen LogP contribution is 2.35. The summed E-state index contributed by atoms with van der Waals surface area (Å²) in [7, 11) is 0. The summed E-state index contributed by atoms with van der Waals surface area (Å²) in [6, 6.07) is 4.93. The molecule has 0 aliphatic heterocycles. The van der Waals surface area contributed by atoms with Crippen molar-refractivity contribution < 1.29 is 14.6 Å². The molecule has 0 aromatic heterocycles. The van der Waals surface area contributed by atoms with E-state index in [1.807, 2.05) is 0 Å². The number of rotatable bonds is 5. The summed E-state index contributed by atoms with van der Waals surface area (Å²) in [6.45, 7) is 3.59. The third-order valence-corrected chi connectivity index (χ3v) is 3.41. The molecule has 0 aliphatic carbocycles. The molecule has 1 unspecified atom stereocenters. The van der Waals surface area contributed by atoms with Gasteiger partial charge in [-0.1, -0.05) is 29.3 Å². The highest BCUT2D eigenvalue weighted by Gasteiger charge is 2.37. The van der Waals surface area contributed by atoms with E-state index in [9.17, 15) is 4.79 Å². The third-order valence-electron chi connectivity index (χ3n) is 2.86. The van der Waals surface area contributed by atoms with Crippen molar-refractivity contribution in [1.82, 2.24) is 0 Å². The van der Waals surface area contributed by atoms with Gasteiger partial charge in [-0.2, -0.15) is 0 Å². The summed E-state index contributed by atoms with van der Waals surface area (Å²) in [5.41, 5.74) is -0.354. The topological polar surface area (TPSA) is 46.5 Å². The summed E-state index contributed by atoms with van der Waals surface area (Å²) < 4.78 is 5.06. The molecule has 0 saturated heterocycles. The molecule has 5 heteroatoms. The Kier molecular flexibility index (Phi) is 5.45. The maximum Gasteiger partial charge on any atom is 0.316 e. The number of benzene rings is 1. The number of halogens is 2. The number of carbonyl (C=O) groups is 1. The van der Waals surface area contributed by atoms with E-state index < -0.39 is 11.4 Å². The number of aliphatic hydroxyl groups excluding tert-OH is 1. The lowest BCUT2D eigenvalue weighted by atomic mass is 9.79. The normalized spacial score (nSPS) is 14.1. The first kappa shape index (κ1) is 15.3. The second kappa shape index (κ2) is 6.41. The third kappa shape index (κ3) is 3.16.